The van der Waals surface area contributed by atoms with Crippen LogP contribution in [-0.2, 0) is 11.8 Å². The van der Waals surface area contributed by atoms with Crippen LogP contribution in [0.3, 0.4) is 0 Å². The number of benzene rings is 2. The van der Waals surface area contributed by atoms with E-state index < -0.39 is 17.0 Å². The molecule has 0 spiro atoms. The van der Waals surface area contributed by atoms with E-state index in [2.05, 4.69) is 15.9 Å². The Balaban J connectivity index is 2.49. The van der Waals surface area contributed by atoms with Crippen LogP contribution in [0.25, 0.3) is 0 Å². The van der Waals surface area contributed by atoms with Crippen molar-refractivity contribution in [3.8, 4) is 0 Å². The Kier molecular flexibility index (Phi) is 5.39. The Bertz CT molecular complexity index is 610. The van der Waals surface area contributed by atoms with Gasteiger partial charge in [0.1, 0.15) is 11.6 Å². The molecule has 0 saturated heterocycles. The first-order chi connectivity index (χ1) is 10.0. The summed E-state index contributed by atoms with van der Waals surface area (Å²) in [6.07, 6.45) is 0.931. The highest BCUT2D eigenvalue weighted by molar-refractivity contribution is 9.10. The summed E-state index contributed by atoms with van der Waals surface area (Å²) in [5.41, 5.74) is 0.600. The number of hydrogen-bond acceptors (Lipinski definition) is 0. The maximum Gasteiger partial charge on any atom is 0.143 e. The lowest BCUT2D eigenvalue weighted by Crippen LogP contribution is -2.31. The van der Waals surface area contributed by atoms with Gasteiger partial charge >= 0.3 is 0 Å². The topological polar surface area (TPSA) is 0 Å². The SMILES string of the molecule is CCC(CCl)(Cc1c(F)ccc(Br)c1F)c1ccccc1. The third kappa shape index (κ3) is 3.29. The van der Waals surface area contributed by atoms with Gasteiger partial charge in [-0.15, -0.1) is 11.6 Å². The van der Waals surface area contributed by atoms with E-state index in [9.17, 15) is 8.78 Å². The summed E-state index contributed by atoms with van der Waals surface area (Å²) < 4.78 is 28.6. The van der Waals surface area contributed by atoms with Gasteiger partial charge in [0.15, 0.2) is 0 Å². The largest absolute Gasteiger partial charge is 0.207 e. The minimum Gasteiger partial charge on any atom is -0.207 e. The molecule has 0 aliphatic heterocycles. The van der Waals surface area contributed by atoms with Crippen molar-refractivity contribution in [1.82, 2.24) is 0 Å². The summed E-state index contributed by atoms with van der Waals surface area (Å²) in [7, 11) is 0. The predicted molar refractivity (Wildman–Crippen MR) is 86.9 cm³/mol. The fraction of sp³-hybridized carbons (Fsp3) is 0.294. The van der Waals surface area contributed by atoms with Gasteiger partial charge in [0.2, 0.25) is 0 Å². The Morgan fingerprint density at radius 3 is 2.33 bits per heavy atom. The highest BCUT2D eigenvalue weighted by Crippen LogP contribution is 2.36. The predicted octanol–water partition coefficient (Wildman–Crippen LogP) is 5.86. The van der Waals surface area contributed by atoms with Crippen molar-refractivity contribution in [2.45, 2.75) is 25.2 Å². The van der Waals surface area contributed by atoms with Crippen LogP contribution in [-0.4, -0.2) is 5.88 Å². The Morgan fingerprint density at radius 1 is 1.10 bits per heavy atom. The molecule has 112 valence electrons. The molecule has 0 N–H and O–H groups in total. The van der Waals surface area contributed by atoms with Crippen LogP contribution >= 0.6 is 27.5 Å². The van der Waals surface area contributed by atoms with E-state index in [-0.39, 0.29) is 16.5 Å². The fourth-order valence-electron chi connectivity index (χ4n) is 2.51. The summed E-state index contributed by atoms with van der Waals surface area (Å²) >= 11 is 9.31. The monoisotopic (exact) mass is 372 g/mol. The van der Waals surface area contributed by atoms with E-state index in [1.54, 1.807) is 0 Å². The molecule has 0 heterocycles. The number of hydrogen-bond donors (Lipinski definition) is 0. The molecule has 0 bridgehead atoms. The van der Waals surface area contributed by atoms with E-state index in [0.29, 0.717) is 12.3 Å². The second-order valence-electron chi connectivity index (χ2n) is 5.13. The molecular formula is C17H16BrClF2. The van der Waals surface area contributed by atoms with Gasteiger partial charge in [0.25, 0.3) is 0 Å². The molecule has 0 saturated carbocycles. The van der Waals surface area contributed by atoms with Crippen LogP contribution in [0.2, 0.25) is 0 Å². The second kappa shape index (κ2) is 6.89. The molecule has 2 aromatic rings. The molecule has 1 unspecified atom stereocenters. The van der Waals surface area contributed by atoms with Crippen molar-refractivity contribution < 1.29 is 8.78 Å². The zero-order chi connectivity index (χ0) is 15.5. The molecule has 0 nitrogen and oxygen atoms in total. The molecule has 0 amide bonds. The third-order valence-corrected chi connectivity index (χ3v) is 5.10. The molecule has 1 atom stereocenters. The van der Waals surface area contributed by atoms with Gasteiger partial charge in [-0.2, -0.15) is 0 Å². The maximum atomic E-state index is 14.3. The molecule has 0 aromatic heterocycles. The van der Waals surface area contributed by atoms with Crippen molar-refractivity contribution in [2.75, 3.05) is 5.88 Å². The van der Waals surface area contributed by atoms with Crippen molar-refractivity contribution in [3.05, 3.63) is 69.7 Å². The molecule has 0 fully saturated rings. The first-order valence-electron chi connectivity index (χ1n) is 6.78. The van der Waals surface area contributed by atoms with Crippen LogP contribution in [0.5, 0.6) is 0 Å². The molecular weight excluding hydrogens is 358 g/mol. The highest BCUT2D eigenvalue weighted by atomic mass is 79.9. The van der Waals surface area contributed by atoms with E-state index in [1.807, 2.05) is 37.3 Å². The number of alkyl halides is 1. The summed E-state index contributed by atoms with van der Waals surface area (Å²) in [6, 6.07) is 12.3. The van der Waals surface area contributed by atoms with E-state index >= 15 is 0 Å². The maximum absolute atomic E-state index is 14.3. The highest BCUT2D eigenvalue weighted by Gasteiger charge is 2.32. The fourth-order valence-corrected chi connectivity index (χ4v) is 3.32. The van der Waals surface area contributed by atoms with Gasteiger partial charge in [-0.05, 0) is 46.5 Å². The average Bonchev–Trinajstić information content (AvgIpc) is 2.53. The van der Waals surface area contributed by atoms with Crippen molar-refractivity contribution in [2.24, 2.45) is 0 Å². The normalized spacial score (nSPS) is 14.0. The van der Waals surface area contributed by atoms with Crippen LogP contribution in [0.1, 0.15) is 24.5 Å². The zero-order valence-electron chi connectivity index (χ0n) is 11.7. The van der Waals surface area contributed by atoms with Crippen molar-refractivity contribution in [1.29, 1.82) is 0 Å². The quantitative estimate of drug-likeness (QED) is 0.455. The smallest absolute Gasteiger partial charge is 0.143 e. The summed E-state index contributed by atoms with van der Waals surface area (Å²) in [5, 5.41) is 0. The standard InChI is InChI=1S/C17H16BrClF2/c1-2-17(11-19,12-6-4-3-5-7-12)10-13-15(20)9-8-14(18)16(13)21/h3-9H,2,10-11H2,1H3. The summed E-state index contributed by atoms with van der Waals surface area (Å²) in [4.78, 5) is 0. The van der Waals surface area contributed by atoms with E-state index in [1.165, 1.54) is 12.1 Å². The zero-order valence-corrected chi connectivity index (χ0v) is 14.0. The van der Waals surface area contributed by atoms with Crippen LogP contribution in [0.15, 0.2) is 46.9 Å². The molecule has 0 aliphatic carbocycles. The summed E-state index contributed by atoms with van der Waals surface area (Å²) in [5.74, 6) is -0.776. The molecule has 21 heavy (non-hydrogen) atoms. The lowest BCUT2D eigenvalue weighted by Gasteiger charge is -2.32. The lowest BCUT2D eigenvalue weighted by atomic mass is 9.75. The number of halogens is 4. The summed E-state index contributed by atoms with van der Waals surface area (Å²) in [6.45, 7) is 1.99. The Morgan fingerprint density at radius 2 is 1.76 bits per heavy atom. The molecule has 2 aromatic carbocycles. The third-order valence-electron chi connectivity index (χ3n) is 3.97. The van der Waals surface area contributed by atoms with E-state index in [4.69, 9.17) is 11.6 Å². The first-order valence-corrected chi connectivity index (χ1v) is 8.10. The Labute approximate surface area is 137 Å². The van der Waals surface area contributed by atoms with Crippen molar-refractivity contribution >= 4 is 27.5 Å². The molecule has 0 radical (unpaired) electrons. The number of rotatable bonds is 5. The van der Waals surface area contributed by atoms with Gasteiger partial charge in [-0.25, -0.2) is 8.78 Å². The average molecular weight is 374 g/mol. The minimum absolute atomic E-state index is 0.0794. The lowest BCUT2D eigenvalue weighted by molar-refractivity contribution is 0.431. The van der Waals surface area contributed by atoms with Gasteiger partial charge in [-0.1, -0.05) is 37.3 Å². The second-order valence-corrected chi connectivity index (χ2v) is 6.25. The van der Waals surface area contributed by atoms with E-state index in [0.717, 1.165) is 5.56 Å². The van der Waals surface area contributed by atoms with Gasteiger partial charge < -0.3 is 0 Å². The molecule has 4 heteroatoms. The Hall–Kier alpha value is -0.930. The molecule has 2 rings (SSSR count). The van der Waals surface area contributed by atoms with Crippen LogP contribution < -0.4 is 0 Å². The molecule has 0 aliphatic rings. The van der Waals surface area contributed by atoms with Crippen molar-refractivity contribution in [3.63, 3.8) is 0 Å². The first kappa shape index (κ1) is 16.4. The van der Waals surface area contributed by atoms with Gasteiger partial charge in [-0.3, -0.25) is 0 Å². The van der Waals surface area contributed by atoms with Gasteiger partial charge in [0.05, 0.1) is 4.47 Å². The van der Waals surface area contributed by atoms with Crippen LogP contribution in [0, 0.1) is 11.6 Å². The minimum atomic E-state index is -0.547. The van der Waals surface area contributed by atoms with Crippen LogP contribution in [0.4, 0.5) is 8.78 Å². The van der Waals surface area contributed by atoms with Gasteiger partial charge in [0, 0.05) is 16.9 Å².